The van der Waals surface area contributed by atoms with Gasteiger partial charge in [-0.1, -0.05) is 192 Å². The number of rotatable bonds is 32. The third kappa shape index (κ3) is 27.4. The molecule has 0 N–H and O–H groups in total. The van der Waals surface area contributed by atoms with Gasteiger partial charge in [0.2, 0.25) is 0 Å². The van der Waals surface area contributed by atoms with E-state index < -0.39 is 88.8 Å². The molecule has 5 unspecified atom stereocenters. The van der Waals surface area contributed by atoms with E-state index in [9.17, 15) is 66.7 Å². The van der Waals surface area contributed by atoms with Crippen LogP contribution in [0.25, 0.3) is 59.1 Å². The van der Waals surface area contributed by atoms with Gasteiger partial charge in [-0.05, 0) is 183 Å². The number of thiophene rings is 1. The maximum Gasteiger partial charge on any atom is 0.573 e. The van der Waals surface area contributed by atoms with E-state index in [-0.39, 0.29) is 91.7 Å². The molecule has 0 spiro atoms. The highest BCUT2D eigenvalue weighted by molar-refractivity contribution is 7.80. The molecule has 0 fully saturated rings. The molecule has 0 amide bonds. The number of halogens is 17. The summed E-state index contributed by atoms with van der Waals surface area (Å²) >= 11 is 4.80. The van der Waals surface area contributed by atoms with E-state index in [0.29, 0.717) is 77.2 Å². The maximum atomic E-state index is 15.5. The van der Waals surface area contributed by atoms with E-state index in [1.807, 2.05) is 19.1 Å². The minimum absolute atomic E-state index is 0.0258. The second-order valence-electron chi connectivity index (χ2n) is 29.8. The summed E-state index contributed by atoms with van der Waals surface area (Å²) in [6.07, 6.45) is 13.3. The van der Waals surface area contributed by atoms with Gasteiger partial charge in [0.05, 0.1) is 29.0 Å². The second-order valence-corrected chi connectivity index (χ2v) is 31.3. The number of allylic oxidation sites excluding steroid dienone is 6. The van der Waals surface area contributed by atoms with Gasteiger partial charge in [-0.25, -0.2) is 35.1 Å². The van der Waals surface area contributed by atoms with E-state index in [2.05, 4.69) is 74.5 Å². The highest BCUT2D eigenvalue weighted by atomic mass is 32.1. The van der Waals surface area contributed by atoms with E-state index in [1.165, 1.54) is 56.5 Å². The van der Waals surface area contributed by atoms with Crippen molar-refractivity contribution in [2.24, 2.45) is 29.6 Å². The molecule has 10 rings (SSSR count). The molecule has 7 nitrogen and oxygen atoms in total. The smallest absolute Gasteiger partial charge is 0.465 e. The van der Waals surface area contributed by atoms with Gasteiger partial charge in [-0.2, -0.15) is 12.6 Å². The number of alkyl halides is 9. The standard InChI is InChI=1S/C34H42F6O3.C23H22F6O.C22H19F5OS.C11H22O2S/c1-4-7-10-22(6-3)21-42-30(41)12-8-11-27-26(19-20-29(31(27)35)43-34(38,39)40)28-18-17-25(32(36)33(28)37)24-15-13-23(9-5-2)14-16-24;1-3-4-14-5-7-15(8-6-14)17-9-10-18(22(26)21(17)25)16-11-12-19(20(24)13(16)2)30-23(27,28)29;1-2-3-12-4-6-13(7-5-12)14-8-9-15-16-10-11-17(28-22(25,26)27)19(24)21(16)29-20(15)18(14)23;1-3-5-6-10(4-2)9-13-11(12)7-8-14/h15,17-20,22-23H,4-14,16,21H2,1-3H3;7,9-12,14H,3-6,8H2,1-2H3;6,8-12H,2-5,7H2,1H3;10,14H,3-9H2,1-2H3. The second kappa shape index (κ2) is 45.4. The number of carbonyl (C=O) groups is 2. The Morgan fingerprint density at radius 3 is 1.18 bits per heavy atom. The fourth-order valence-electron chi connectivity index (χ4n) is 15.0. The SMILES string of the molecule is CCCC1CC=C(c2ccc(-c3ccc(OC(F)(F)F)c(F)c3C)c(F)c2F)CC1.CCCC1CC=C(c2ccc3c(sc4c(F)c(OC(F)(F)F)ccc43)c2F)CC1.CCCCC(CC)COC(=O)CCCc1c(-c2ccc(C3=CCC(CCC)CC3)c(F)c2F)ccc(OC(F)(F)F)c1F.CCCCC(CC)COC(=O)CCS. The van der Waals surface area contributed by atoms with Crippen LogP contribution in [-0.4, -0.2) is 50.0 Å². The molecule has 0 aliphatic heterocycles. The van der Waals surface area contributed by atoms with Crippen LogP contribution in [0.3, 0.4) is 0 Å². The Bertz CT molecular complexity index is 4480. The molecule has 0 bridgehead atoms. The van der Waals surface area contributed by atoms with Gasteiger partial charge in [0.1, 0.15) is 5.82 Å². The molecule has 5 atom stereocenters. The van der Waals surface area contributed by atoms with Crippen molar-refractivity contribution in [2.75, 3.05) is 19.0 Å². The summed E-state index contributed by atoms with van der Waals surface area (Å²) in [6.45, 7) is 16.8. The van der Waals surface area contributed by atoms with Gasteiger partial charge >= 0.3 is 31.0 Å². The first-order valence-electron chi connectivity index (χ1n) is 40.3. The zero-order chi connectivity index (χ0) is 85.2. The van der Waals surface area contributed by atoms with Crippen LogP contribution in [0, 0.1) is 83.1 Å². The van der Waals surface area contributed by atoms with E-state index in [4.69, 9.17) is 9.47 Å². The van der Waals surface area contributed by atoms with Gasteiger partial charge in [-0.3, -0.25) is 9.59 Å². The lowest BCUT2D eigenvalue weighted by molar-refractivity contribution is -0.276. The topological polar surface area (TPSA) is 80.3 Å². The fourth-order valence-corrected chi connectivity index (χ4v) is 16.4. The predicted molar refractivity (Wildman–Crippen MR) is 428 cm³/mol. The van der Waals surface area contributed by atoms with Crippen molar-refractivity contribution in [3.05, 3.63) is 165 Å². The average molecular weight is 1690 g/mol. The highest BCUT2D eigenvalue weighted by Crippen LogP contribution is 2.46. The molecule has 116 heavy (non-hydrogen) atoms. The van der Waals surface area contributed by atoms with Gasteiger partial charge in [0, 0.05) is 50.8 Å². The van der Waals surface area contributed by atoms with Crippen molar-refractivity contribution in [2.45, 2.75) is 248 Å². The molecule has 0 radical (unpaired) electrons. The molecule has 7 aromatic rings. The molecule has 0 saturated carbocycles. The average Bonchev–Trinajstić information content (AvgIpc) is 1.60. The molecule has 3 aliphatic carbocycles. The molecular formula is C90H105F17O7S2. The summed E-state index contributed by atoms with van der Waals surface area (Å²) in [4.78, 5) is 23.4. The van der Waals surface area contributed by atoms with Crippen LogP contribution < -0.4 is 14.2 Å². The number of fused-ring (bicyclic) bond motifs is 3. The van der Waals surface area contributed by atoms with Crippen LogP contribution in [0.4, 0.5) is 74.6 Å². The number of thiol groups is 1. The first-order chi connectivity index (χ1) is 55.1. The van der Waals surface area contributed by atoms with Crippen molar-refractivity contribution in [1.82, 2.24) is 0 Å². The molecular weight excluding hydrogens is 1580 g/mol. The maximum absolute atomic E-state index is 15.5. The molecule has 1 heterocycles. The molecule has 1 aromatic heterocycles. The van der Waals surface area contributed by atoms with Crippen molar-refractivity contribution in [1.29, 1.82) is 0 Å². The summed E-state index contributed by atoms with van der Waals surface area (Å²) in [6, 6.07) is 14.9. The number of carbonyl (C=O) groups excluding carboxylic acids is 2. The van der Waals surface area contributed by atoms with E-state index >= 15 is 17.6 Å². The largest absolute Gasteiger partial charge is 0.573 e. The van der Waals surface area contributed by atoms with Crippen LogP contribution in [0.2, 0.25) is 0 Å². The zero-order valence-electron chi connectivity index (χ0n) is 66.9. The Hall–Kier alpha value is -7.74. The van der Waals surface area contributed by atoms with E-state index in [0.717, 1.165) is 168 Å². The molecule has 3 aliphatic rings. The monoisotopic (exact) mass is 1680 g/mol. The Morgan fingerprint density at radius 2 is 0.776 bits per heavy atom. The Kier molecular flexibility index (Phi) is 37.4. The lowest BCUT2D eigenvalue weighted by Crippen LogP contribution is -2.18. The molecule has 6 aromatic carbocycles. The quantitative estimate of drug-likeness (QED) is 0.0256. The van der Waals surface area contributed by atoms with Gasteiger partial charge < -0.3 is 23.7 Å². The lowest BCUT2D eigenvalue weighted by atomic mass is 9.83. The van der Waals surface area contributed by atoms with Gasteiger partial charge in [-0.15, -0.1) is 50.9 Å². The van der Waals surface area contributed by atoms with Crippen LogP contribution >= 0.6 is 24.0 Å². The first-order valence-corrected chi connectivity index (χ1v) is 41.8. The van der Waals surface area contributed by atoms with Crippen molar-refractivity contribution < 1.29 is 108 Å². The molecule has 26 heteroatoms. The normalized spacial score (nSPS) is 16.3. The van der Waals surface area contributed by atoms with E-state index in [1.54, 1.807) is 12.1 Å². The van der Waals surface area contributed by atoms with Crippen LogP contribution in [0.1, 0.15) is 243 Å². The minimum Gasteiger partial charge on any atom is -0.465 e. The minimum atomic E-state index is -5.15. The van der Waals surface area contributed by atoms with Crippen molar-refractivity contribution in [3.63, 3.8) is 0 Å². The number of hydrogen-bond acceptors (Lipinski definition) is 9. The predicted octanol–water partition coefficient (Wildman–Crippen LogP) is 30.0. The van der Waals surface area contributed by atoms with Crippen LogP contribution in [-0.2, 0) is 25.5 Å². The fraction of sp³-hybridized carbons (Fsp3) is 0.511. The van der Waals surface area contributed by atoms with Crippen LogP contribution in [0.15, 0.2) is 91.0 Å². The van der Waals surface area contributed by atoms with Gasteiger partial charge in [0.15, 0.2) is 58.0 Å². The van der Waals surface area contributed by atoms with Gasteiger partial charge in [0.25, 0.3) is 0 Å². The summed E-state index contributed by atoms with van der Waals surface area (Å²) in [5, 5.41) is 0.868. The number of esters is 2. The Balaban J connectivity index is 0.000000226. The van der Waals surface area contributed by atoms with Crippen LogP contribution in [0.5, 0.6) is 17.2 Å². The lowest BCUT2D eigenvalue weighted by Gasteiger charge is -2.22. The summed E-state index contributed by atoms with van der Waals surface area (Å²) < 4.78 is 255. The number of hydrogen-bond donors (Lipinski definition) is 1. The van der Waals surface area contributed by atoms with Crippen molar-refractivity contribution >= 4 is 72.8 Å². The Morgan fingerprint density at radius 1 is 0.422 bits per heavy atom. The third-order valence-electron chi connectivity index (χ3n) is 21.5. The number of unbranched alkanes of at least 4 members (excludes halogenated alkanes) is 2. The number of ether oxygens (including phenoxy) is 5. The highest BCUT2D eigenvalue weighted by Gasteiger charge is 2.37. The number of benzene rings is 6. The first kappa shape index (κ1) is 95.4. The molecule has 0 saturated heterocycles. The molecule has 638 valence electrons. The van der Waals surface area contributed by atoms with Crippen molar-refractivity contribution in [3.8, 4) is 39.5 Å². The summed E-state index contributed by atoms with van der Waals surface area (Å²) in [5.41, 5.74) is 1.98. The Labute approximate surface area is 678 Å². The zero-order valence-corrected chi connectivity index (χ0v) is 68.6. The third-order valence-corrected chi connectivity index (χ3v) is 22.9. The summed E-state index contributed by atoms with van der Waals surface area (Å²) in [7, 11) is 0. The summed E-state index contributed by atoms with van der Waals surface area (Å²) in [5.74, 6) is -9.28.